The molecule has 4 heteroatoms. The number of likely N-dealkylation sites (N-methyl/N-ethyl adjacent to an activating group) is 1. The van der Waals surface area contributed by atoms with Gasteiger partial charge in [-0.05, 0) is 50.9 Å². The van der Waals surface area contributed by atoms with Crippen molar-refractivity contribution in [3.63, 3.8) is 0 Å². The number of rotatable bonds is 1. The SMILES string of the molecule is Cc1ccc(C(=O)N2CCC3CCC(C2)N3C)c(O)c1. The van der Waals surface area contributed by atoms with Crippen LogP contribution in [-0.2, 0) is 0 Å². The van der Waals surface area contributed by atoms with E-state index in [0.29, 0.717) is 17.6 Å². The first-order valence-corrected chi connectivity index (χ1v) is 7.37. The third-order valence-corrected chi connectivity index (χ3v) is 4.82. The van der Waals surface area contributed by atoms with E-state index in [-0.39, 0.29) is 11.7 Å². The largest absolute Gasteiger partial charge is 0.507 e. The average Bonchev–Trinajstić information content (AvgIpc) is 2.62. The number of carbonyl (C=O) groups excluding carboxylic acids is 1. The zero-order valence-corrected chi connectivity index (χ0v) is 12.2. The number of nitrogens with zero attached hydrogens (tertiary/aromatic N) is 2. The van der Waals surface area contributed by atoms with Crippen molar-refractivity contribution in [1.82, 2.24) is 9.80 Å². The fraction of sp³-hybridized carbons (Fsp3) is 0.562. The summed E-state index contributed by atoms with van der Waals surface area (Å²) in [5.74, 6) is 0.0567. The van der Waals surface area contributed by atoms with E-state index in [2.05, 4.69) is 11.9 Å². The van der Waals surface area contributed by atoms with Crippen LogP contribution in [0.25, 0.3) is 0 Å². The van der Waals surface area contributed by atoms with Gasteiger partial charge in [0.15, 0.2) is 0 Å². The number of fused-ring (bicyclic) bond motifs is 2. The van der Waals surface area contributed by atoms with Crippen LogP contribution in [0.2, 0.25) is 0 Å². The molecular formula is C16H22N2O2. The summed E-state index contributed by atoms with van der Waals surface area (Å²) in [5, 5.41) is 9.99. The summed E-state index contributed by atoms with van der Waals surface area (Å²) in [6.07, 6.45) is 3.45. The van der Waals surface area contributed by atoms with E-state index in [1.54, 1.807) is 12.1 Å². The molecule has 2 aliphatic rings. The molecule has 108 valence electrons. The fourth-order valence-electron chi connectivity index (χ4n) is 3.49. The molecule has 2 saturated heterocycles. The molecule has 2 heterocycles. The quantitative estimate of drug-likeness (QED) is 0.852. The maximum absolute atomic E-state index is 12.6. The van der Waals surface area contributed by atoms with Crippen LogP contribution >= 0.6 is 0 Å². The summed E-state index contributed by atoms with van der Waals surface area (Å²) in [6, 6.07) is 6.36. The second-order valence-corrected chi connectivity index (χ2v) is 6.11. The summed E-state index contributed by atoms with van der Waals surface area (Å²) < 4.78 is 0. The van der Waals surface area contributed by atoms with Crippen LogP contribution in [0, 0.1) is 6.92 Å². The Hall–Kier alpha value is -1.55. The molecule has 1 aromatic carbocycles. The van der Waals surface area contributed by atoms with Crippen LogP contribution in [-0.4, -0.2) is 53.0 Å². The maximum atomic E-state index is 12.6. The van der Waals surface area contributed by atoms with Gasteiger partial charge in [0, 0.05) is 25.2 Å². The Balaban J connectivity index is 1.80. The lowest BCUT2D eigenvalue weighted by Crippen LogP contribution is -2.39. The molecule has 2 fully saturated rings. The number of aromatic hydroxyl groups is 1. The Labute approximate surface area is 120 Å². The minimum atomic E-state index is -0.0385. The highest BCUT2D eigenvalue weighted by atomic mass is 16.3. The van der Waals surface area contributed by atoms with Crippen molar-refractivity contribution in [1.29, 1.82) is 0 Å². The molecule has 20 heavy (non-hydrogen) atoms. The van der Waals surface area contributed by atoms with Crippen molar-refractivity contribution in [2.24, 2.45) is 0 Å². The van der Waals surface area contributed by atoms with Gasteiger partial charge in [-0.1, -0.05) is 6.07 Å². The van der Waals surface area contributed by atoms with Crippen LogP contribution in [0.5, 0.6) is 5.75 Å². The van der Waals surface area contributed by atoms with Gasteiger partial charge in [-0.25, -0.2) is 0 Å². The van der Waals surface area contributed by atoms with Crippen LogP contribution in [0.4, 0.5) is 0 Å². The Kier molecular flexibility index (Phi) is 3.42. The number of hydrogen-bond donors (Lipinski definition) is 1. The van der Waals surface area contributed by atoms with Crippen molar-refractivity contribution in [2.75, 3.05) is 20.1 Å². The normalized spacial score (nSPS) is 26.6. The molecular weight excluding hydrogens is 252 g/mol. The summed E-state index contributed by atoms with van der Waals surface area (Å²) in [4.78, 5) is 16.9. The number of phenolic OH excluding ortho intramolecular Hbond substituents is 1. The monoisotopic (exact) mass is 274 g/mol. The fourth-order valence-corrected chi connectivity index (χ4v) is 3.49. The van der Waals surface area contributed by atoms with Gasteiger partial charge in [0.25, 0.3) is 5.91 Å². The second-order valence-electron chi connectivity index (χ2n) is 6.11. The molecule has 4 nitrogen and oxygen atoms in total. The smallest absolute Gasteiger partial charge is 0.257 e. The average molecular weight is 274 g/mol. The predicted molar refractivity (Wildman–Crippen MR) is 77.9 cm³/mol. The number of hydrogen-bond acceptors (Lipinski definition) is 3. The first kappa shape index (κ1) is 13.4. The Morgan fingerprint density at radius 1 is 1.25 bits per heavy atom. The molecule has 3 rings (SSSR count). The molecule has 2 aliphatic heterocycles. The number of amides is 1. The third-order valence-electron chi connectivity index (χ3n) is 4.82. The number of phenols is 1. The van der Waals surface area contributed by atoms with Crippen molar-refractivity contribution >= 4 is 5.91 Å². The van der Waals surface area contributed by atoms with Gasteiger partial charge in [-0.15, -0.1) is 0 Å². The molecule has 2 atom stereocenters. The highest BCUT2D eigenvalue weighted by molar-refractivity contribution is 5.97. The van der Waals surface area contributed by atoms with Crippen molar-refractivity contribution in [2.45, 2.75) is 38.3 Å². The minimum absolute atomic E-state index is 0.0385. The minimum Gasteiger partial charge on any atom is -0.507 e. The lowest BCUT2D eigenvalue weighted by molar-refractivity contribution is 0.0737. The van der Waals surface area contributed by atoms with E-state index in [0.717, 1.165) is 25.1 Å². The molecule has 1 amide bonds. The Bertz CT molecular complexity index is 529. The summed E-state index contributed by atoms with van der Waals surface area (Å²) in [6.45, 7) is 3.48. The lowest BCUT2D eigenvalue weighted by Gasteiger charge is -2.26. The van der Waals surface area contributed by atoms with Crippen molar-refractivity contribution in [3.05, 3.63) is 29.3 Å². The van der Waals surface area contributed by atoms with Crippen molar-refractivity contribution in [3.8, 4) is 5.75 Å². The molecule has 0 saturated carbocycles. The van der Waals surface area contributed by atoms with Gasteiger partial charge in [0.2, 0.25) is 0 Å². The number of likely N-dealkylation sites (tertiary alicyclic amines) is 1. The van der Waals surface area contributed by atoms with Crippen LogP contribution < -0.4 is 0 Å². The second kappa shape index (κ2) is 5.09. The number of carbonyl (C=O) groups is 1. The van der Waals surface area contributed by atoms with E-state index in [4.69, 9.17) is 0 Å². The van der Waals surface area contributed by atoms with E-state index in [1.807, 2.05) is 17.9 Å². The predicted octanol–water partition coefficient (Wildman–Crippen LogP) is 2.01. The van der Waals surface area contributed by atoms with E-state index in [9.17, 15) is 9.90 Å². The highest BCUT2D eigenvalue weighted by Crippen LogP contribution is 2.30. The summed E-state index contributed by atoms with van der Waals surface area (Å²) in [7, 11) is 2.17. The zero-order chi connectivity index (χ0) is 14.3. The summed E-state index contributed by atoms with van der Waals surface area (Å²) in [5.41, 5.74) is 1.39. The Morgan fingerprint density at radius 3 is 2.75 bits per heavy atom. The van der Waals surface area contributed by atoms with Crippen LogP contribution in [0.3, 0.4) is 0 Å². The molecule has 1 aromatic rings. The van der Waals surface area contributed by atoms with Gasteiger partial charge < -0.3 is 10.0 Å². The topological polar surface area (TPSA) is 43.8 Å². The molecule has 0 radical (unpaired) electrons. The zero-order valence-electron chi connectivity index (χ0n) is 12.2. The van der Waals surface area contributed by atoms with Gasteiger partial charge in [0.1, 0.15) is 5.75 Å². The van der Waals surface area contributed by atoms with E-state index < -0.39 is 0 Å². The maximum Gasteiger partial charge on any atom is 0.257 e. The van der Waals surface area contributed by atoms with Crippen LogP contribution in [0.15, 0.2) is 18.2 Å². The standard InChI is InChI=1S/C16H22N2O2/c1-11-3-6-14(15(19)9-11)16(20)18-8-7-12-4-5-13(10-18)17(12)2/h3,6,9,12-13,19H,4-5,7-8,10H2,1-2H3. The molecule has 0 aromatic heterocycles. The molecule has 0 spiro atoms. The lowest BCUT2D eigenvalue weighted by atomic mass is 10.1. The van der Waals surface area contributed by atoms with Crippen LogP contribution in [0.1, 0.15) is 35.2 Å². The molecule has 0 aliphatic carbocycles. The highest BCUT2D eigenvalue weighted by Gasteiger charge is 2.36. The van der Waals surface area contributed by atoms with Gasteiger partial charge in [-0.2, -0.15) is 0 Å². The summed E-state index contributed by atoms with van der Waals surface area (Å²) >= 11 is 0. The number of benzene rings is 1. The molecule has 2 unspecified atom stereocenters. The van der Waals surface area contributed by atoms with Gasteiger partial charge >= 0.3 is 0 Å². The molecule has 2 bridgehead atoms. The Morgan fingerprint density at radius 2 is 2.00 bits per heavy atom. The molecule has 1 N–H and O–H groups in total. The van der Waals surface area contributed by atoms with Gasteiger partial charge in [0.05, 0.1) is 5.56 Å². The van der Waals surface area contributed by atoms with Crippen molar-refractivity contribution < 1.29 is 9.90 Å². The first-order valence-electron chi connectivity index (χ1n) is 7.37. The van der Waals surface area contributed by atoms with E-state index in [1.165, 1.54) is 12.8 Å². The van der Waals surface area contributed by atoms with E-state index >= 15 is 0 Å². The van der Waals surface area contributed by atoms with Gasteiger partial charge in [-0.3, -0.25) is 9.69 Å². The number of aryl methyl sites for hydroxylation is 1. The first-order chi connectivity index (χ1) is 9.56. The third kappa shape index (κ3) is 2.29.